The molecule has 19 heavy (non-hydrogen) atoms. The lowest BCUT2D eigenvalue weighted by Gasteiger charge is -2.16. The number of rotatable bonds is 4. The van der Waals surface area contributed by atoms with E-state index in [0.29, 0.717) is 13.0 Å². The molecule has 100 valence electrons. The number of halogens is 1. The molecule has 2 aromatic rings. The van der Waals surface area contributed by atoms with E-state index in [4.69, 9.17) is 11.6 Å². The minimum absolute atomic E-state index is 0.0939. The second-order valence-electron chi connectivity index (χ2n) is 4.30. The number of thiophene rings is 1. The summed E-state index contributed by atoms with van der Waals surface area (Å²) in [6.45, 7) is 0.598. The molecule has 0 aliphatic heterocycles. The van der Waals surface area contributed by atoms with Gasteiger partial charge in [0.2, 0.25) is 5.91 Å². The second-order valence-corrected chi connectivity index (χ2v) is 6.61. The van der Waals surface area contributed by atoms with Gasteiger partial charge in [0, 0.05) is 16.8 Å². The molecule has 0 radical (unpaired) electrons. The zero-order chi connectivity index (χ0) is 13.8. The van der Waals surface area contributed by atoms with Crippen LogP contribution in [-0.4, -0.2) is 17.9 Å². The Bertz CT molecular complexity index is 565. The molecule has 1 aromatic carbocycles. The molecule has 0 unspecified atom stereocenters. The van der Waals surface area contributed by atoms with Gasteiger partial charge in [-0.2, -0.15) is 0 Å². The van der Waals surface area contributed by atoms with E-state index in [2.05, 4.69) is 12.6 Å². The first-order chi connectivity index (χ1) is 9.04. The van der Waals surface area contributed by atoms with E-state index in [1.165, 1.54) is 11.3 Å². The summed E-state index contributed by atoms with van der Waals surface area (Å²) in [7, 11) is 1.81. The number of amides is 1. The lowest BCUT2D eigenvalue weighted by molar-refractivity contribution is -0.129. The van der Waals surface area contributed by atoms with Gasteiger partial charge in [0.1, 0.15) is 0 Å². The van der Waals surface area contributed by atoms with Crippen molar-refractivity contribution >= 4 is 41.5 Å². The van der Waals surface area contributed by atoms with Crippen LogP contribution in [0.15, 0.2) is 41.3 Å². The quantitative estimate of drug-likeness (QED) is 0.849. The maximum Gasteiger partial charge on any atom is 0.227 e. The van der Waals surface area contributed by atoms with Crippen LogP contribution in [0.25, 0.3) is 0 Å². The fraction of sp³-hybridized carbons (Fsp3) is 0.214. The van der Waals surface area contributed by atoms with Gasteiger partial charge >= 0.3 is 0 Å². The van der Waals surface area contributed by atoms with Crippen LogP contribution < -0.4 is 0 Å². The van der Waals surface area contributed by atoms with Crippen molar-refractivity contribution in [3.63, 3.8) is 0 Å². The Labute approximate surface area is 127 Å². The Morgan fingerprint density at radius 2 is 1.95 bits per heavy atom. The Hall–Kier alpha value is -0.970. The van der Waals surface area contributed by atoms with Crippen LogP contribution in [0, 0.1) is 0 Å². The number of nitrogens with zero attached hydrogens (tertiary/aromatic N) is 1. The third-order valence-electron chi connectivity index (χ3n) is 2.74. The van der Waals surface area contributed by atoms with E-state index in [-0.39, 0.29) is 5.91 Å². The average Bonchev–Trinajstić information content (AvgIpc) is 2.77. The monoisotopic (exact) mass is 311 g/mol. The van der Waals surface area contributed by atoms with Crippen molar-refractivity contribution in [1.82, 2.24) is 4.90 Å². The molecule has 0 spiro atoms. The van der Waals surface area contributed by atoms with Gasteiger partial charge in [-0.15, -0.1) is 24.0 Å². The number of likely N-dealkylation sites (N-methyl/N-ethyl adjacent to an activating group) is 1. The fourth-order valence-corrected chi connectivity index (χ4v) is 2.97. The maximum atomic E-state index is 12.1. The van der Waals surface area contributed by atoms with Crippen molar-refractivity contribution in [2.75, 3.05) is 7.05 Å². The molecule has 0 atom stereocenters. The normalized spacial score (nSPS) is 10.5. The Morgan fingerprint density at radius 1 is 1.26 bits per heavy atom. The van der Waals surface area contributed by atoms with E-state index in [0.717, 1.165) is 19.7 Å². The van der Waals surface area contributed by atoms with E-state index in [1.807, 2.05) is 43.4 Å². The Morgan fingerprint density at radius 3 is 2.53 bits per heavy atom. The van der Waals surface area contributed by atoms with Crippen molar-refractivity contribution in [2.45, 2.75) is 17.9 Å². The molecule has 5 heteroatoms. The number of carbonyl (C=O) groups is 1. The van der Waals surface area contributed by atoms with Gasteiger partial charge < -0.3 is 4.90 Å². The first kappa shape index (κ1) is 14.4. The van der Waals surface area contributed by atoms with Crippen LogP contribution in [0.2, 0.25) is 4.34 Å². The standard InChI is InChI=1S/C14H14ClNOS2/c1-16(9-12-6-7-13(15)19-12)14(17)8-10-2-4-11(18)5-3-10/h2-7,18H,8-9H2,1H3. The van der Waals surface area contributed by atoms with Crippen LogP contribution in [-0.2, 0) is 17.8 Å². The molecular formula is C14H14ClNOS2. The van der Waals surface area contributed by atoms with Crippen LogP contribution in [0.4, 0.5) is 0 Å². The molecular weight excluding hydrogens is 298 g/mol. The van der Waals surface area contributed by atoms with E-state index < -0.39 is 0 Å². The molecule has 1 aromatic heterocycles. The van der Waals surface area contributed by atoms with Crippen LogP contribution >= 0.6 is 35.6 Å². The smallest absolute Gasteiger partial charge is 0.227 e. The highest BCUT2D eigenvalue weighted by Crippen LogP contribution is 2.22. The molecule has 0 aliphatic rings. The molecule has 1 heterocycles. The fourth-order valence-electron chi connectivity index (χ4n) is 1.68. The largest absolute Gasteiger partial charge is 0.340 e. The summed E-state index contributed by atoms with van der Waals surface area (Å²) in [6.07, 6.45) is 0.406. The highest BCUT2D eigenvalue weighted by atomic mass is 35.5. The van der Waals surface area contributed by atoms with Gasteiger partial charge in [0.05, 0.1) is 17.3 Å². The summed E-state index contributed by atoms with van der Waals surface area (Å²) in [5, 5.41) is 0. The number of thiol groups is 1. The molecule has 0 saturated heterocycles. The van der Waals surface area contributed by atoms with Crippen molar-refractivity contribution in [2.24, 2.45) is 0 Å². The summed E-state index contributed by atoms with van der Waals surface area (Å²) >= 11 is 11.6. The van der Waals surface area contributed by atoms with Crippen molar-refractivity contribution in [3.05, 3.63) is 51.2 Å². The second kappa shape index (κ2) is 6.46. The lowest BCUT2D eigenvalue weighted by Crippen LogP contribution is -2.27. The Balaban J connectivity index is 1.94. The van der Waals surface area contributed by atoms with E-state index >= 15 is 0 Å². The van der Waals surface area contributed by atoms with Crippen LogP contribution in [0.3, 0.4) is 0 Å². The average molecular weight is 312 g/mol. The maximum absolute atomic E-state index is 12.1. The van der Waals surface area contributed by atoms with Gasteiger partial charge in [-0.3, -0.25) is 4.79 Å². The van der Waals surface area contributed by atoms with Gasteiger partial charge in [-0.05, 0) is 29.8 Å². The van der Waals surface area contributed by atoms with Gasteiger partial charge in [-0.1, -0.05) is 23.7 Å². The number of hydrogen-bond acceptors (Lipinski definition) is 3. The molecule has 0 saturated carbocycles. The zero-order valence-electron chi connectivity index (χ0n) is 10.5. The molecule has 0 N–H and O–H groups in total. The van der Waals surface area contributed by atoms with Crippen LogP contribution in [0.1, 0.15) is 10.4 Å². The topological polar surface area (TPSA) is 20.3 Å². The first-order valence-corrected chi connectivity index (χ1v) is 7.45. The summed E-state index contributed by atoms with van der Waals surface area (Å²) in [5.74, 6) is 0.0939. The van der Waals surface area contributed by atoms with Gasteiger partial charge in [-0.25, -0.2) is 0 Å². The van der Waals surface area contributed by atoms with E-state index in [1.54, 1.807) is 4.90 Å². The van der Waals surface area contributed by atoms with Crippen molar-refractivity contribution in [3.8, 4) is 0 Å². The third-order valence-corrected chi connectivity index (χ3v) is 4.25. The molecule has 1 amide bonds. The minimum Gasteiger partial charge on any atom is -0.340 e. The number of hydrogen-bond donors (Lipinski definition) is 1. The summed E-state index contributed by atoms with van der Waals surface area (Å²) in [4.78, 5) is 15.8. The third kappa shape index (κ3) is 4.27. The predicted octanol–water partition coefficient (Wildman–Crippen LogP) is 3.89. The van der Waals surface area contributed by atoms with E-state index in [9.17, 15) is 4.79 Å². The van der Waals surface area contributed by atoms with Gasteiger partial charge in [0.15, 0.2) is 0 Å². The molecule has 0 fully saturated rings. The first-order valence-electron chi connectivity index (χ1n) is 5.80. The number of benzene rings is 1. The highest BCUT2D eigenvalue weighted by Gasteiger charge is 2.11. The van der Waals surface area contributed by atoms with Gasteiger partial charge in [0.25, 0.3) is 0 Å². The molecule has 2 nitrogen and oxygen atoms in total. The summed E-state index contributed by atoms with van der Waals surface area (Å²) in [6, 6.07) is 11.4. The van der Waals surface area contributed by atoms with Crippen LogP contribution in [0.5, 0.6) is 0 Å². The lowest BCUT2D eigenvalue weighted by atomic mass is 10.1. The predicted molar refractivity (Wildman–Crippen MR) is 83.2 cm³/mol. The summed E-state index contributed by atoms with van der Waals surface area (Å²) < 4.78 is 0.750. The molecule has 2 rings (SSSR count). The SMILES string of the molecule is CN(Cc1ccc(Cl)s1)C(=O)Cc1ccc(S)cc1. The molecule has 0 aliphatic carbocycles. The Kier molecular flexibility index (Phi) is 4.91. The van der Waals surface area contributed by atoms with Crippen molar-refractivity contribution < 1.29 is 4.79 Å². The van der Waals surface area contributed by atoms with Crippen molar-refractivity contribution in [1.29, 1.82) is 0 Å². The zero-order valence-corrected chi connectivity index (χ0v) is 12.9. The highest BCUT2D eigenvalue weighted by molar-refractivity contribution is 7.80. The summed E-state index contributed by atoms with van der Waals surface area (Å²) in [5.41, 5.74) is 0.999. The minimum atomic E-state index is 0.0939. The molecule has 0 bridgehead atoms. The number of carbonyl (C=O) groups excluding carboxylic acids is 1.